The van der Waals surface area contributed by atoms with Gasteiger partial charge in [0, 0.05) is 12.7 Å². The highest BCUT2D eigenvalue weighted by atomic mass is 32.3. The van der Waals surface area contributed by atoms with Crippen LogP contribution in [-0.4, -0.2) is 26.3 Å². The summed E-state index contributed by atoms with van der Waals surface area (Å²) < 4.78 is 54.4. The minimum absolute atomic E-state index is 0.0193. The number of nitrogens with one attached hydrogen (secondary N) is 1. The molecule has 1 aliphatic rings. The molecule has 32 heavy (non-hydrogen) atoms. The molecular weight excluding hydrogens is 436 g/mol. The Balaban J connectivity index is 1.56. The van der Waals surface area contributed by atoms with Gasteiger partial charge in [-0.3, -0.25) is 9.78 Å². The number of benzene rings is 2. The van der Waals surface area contributed by atoms with E-state index in [1.807, 2.05) is 0 Å². The maximum atomic E-state index is 13.4. The summed E-state index contributed by atoms with van der Waals surface area (Å²) in [5, 5.41) is 2.80. The van der Waals surface area contributed by atoms with Crippen molar-refractivity contribution in [3.63, 3.8) is 0 Å². The van der Waals surface area contributed by atoms with Gasteiger partial charge in [0.1, 0.15) is 11.6 Å². The summed E-state index contributed by atoms with van der Waals surface area (Å²) in [5.41, 5.74) is 1.33. The zero-order valence-electron chi connectivity index (χ0n) is 17.0. The molecule has 3 atom stereocenters. The summed E-state index contributed by atoms with van der Waals surface area (Å²) in [7, 11) is -3.93. The molecule has 0 bridgehead atoms. The third-order valence-corrected chi connectivity index (χ3v) is 7.36. The van der Waals surface area contributed by atoms with Crippen LogP contribution in [0, 0.1) is 17.6 Å². The zero-order valence-corrected chi connectivity index (χ0v) is 17.8. The molecule has 2 aromatic carbocycles. The van der Waals surface area contributed by atoms with Crippen molar-refractivity contribution in [1.29, 1.82) is 0 Å². The van der Waals surface area contributed by atoms with E-state index in [9.17, 15) is 22.3 Å². The number of nitrogens with zero attached hydrogens (tertiary/aromatic N) is 2. The molecule has 1 saturated heterocycles. The van der Waals surface area contributed by atoms with Crippen molar-refractivity contribution in [3.8, 4) is 0 Å². The lowest BCUT2D eigenvalue weighted by Crippen LogP contribution is -2.38. The third-order valence-electron chi connectivity index (χ3n) is 5.50. The van der Waals surface area contributed by atoms with Crippen LogP contribution in [-0.2, 0) is 25.9 Å². The van der Waals surface area contributed by atoms with Crippen molar-refractivity contribution >= 4 is 16.3 Å². The summed E-state index contributed by atoms with van der Waals surface area (Å²) in [6, 6.07) is 13.7. The molecule has 6 nitrogen and oxygen atoms in total. The highest BCUT2D eigenvalue weighted by Crippen LogP contribution is 2.41. The number of halogens is 2. The number of aromatic nitrogens is 1. The smallest absolute Gasteiger partial charge is 0.224 e. The second-order valence-corrected chi connectivity index (χ2v) is 9.50. The lowest BCUT2D eigenvalue weighted by Gasteiger charge is -2.28. The molecule has 4 rings (SSSR count). The fourth-order valence-electron chi connectivity index (χ4n) is 3.82. The SMILES string of the molecule is O=C(NCc1ccc(F)cc1)[C@@H]1C[C@@H](c2ccc(F)cc2)N([S+](=O)([O-])c2cccnc2)C1. The van der Waals surface area contributed by atoms with Gasteiger partial charge >= 0.3 is 0 Å². The van der Waals surface area contributed by atoms with Crippen molar-refractivity contribution in [2.24, 2.45) is 5.92 Å². The maximum absolute atomic E-state index is 13.4. The van der Waals surface area contributed by atoms with Gasteiger partial charge in [-0.25, -0.2) is 8.78 Å². The van der Waals surface area contributed by atoms with Crippen LogP contribution in [0.25, 0.3) is 0 Å². The Labute approximate surface area is 185 Å². The van der Waals surface area contributed by atoms with E-state index in [1.54, 1.807) is 12.1 Å². The van der Waals surface area contributed by atoms with Gasteiger partial charge in [-0.05, 0) is 53.9 Å². The van der Waals surface area contributed by atoms with Crippen LogP contribution < -0.4 is 5.32 Å². The molecule has 1 unspecified atom stereocenters. The van der Waals surface area contributed by atoms with Gasteiger partial charge in [0.15, 0.2) is 15.3 Å². The predicted molar refractivity (Wildman–Crippen MR) is 114 cm³/mol. The number of carbonyl (C=O) groups excluding carboxylic acids is 1. The zero-order chi connectivity index (χ0) is 22.7. The van der Waals surface area contributed by atoms with Crippen molar-refractivity contribution in [3.05, 3.63) is 95.8 Å². The van der Waals surface area contributed by atoms with Crippen LogP contribution in [0.3, 0.4) is 0 Å². The molecular formula is C23H21F2N3O3S. The summed E-state index contributed by atoms with van der Waals surface area (Å²) in [6.45, 7) is 0.181. The standard InChI is InChI=1S/C23H21F2N3O3S/c24-19-7-3-16(4-8-19)13-27-23(29)18-12-22(17-5-9-20(25)10-6-17)28(15-18)32(30,31)21-2-1-11-26-14-21/h1-11,14,18,22H,12-13,15H2,(H-,27,29,30,31)/t18-,22+/m1/s1. The fraction of sp³-hybridized carbons (Fsp3) is 0.217. The third kappa shape index (κ3) is 4.74. The Morgan fingerprint density at radius 2 is 1.75 bits per heavy atom. The van der Waals surface area contributed by atoms with Gasteiger partial charge in [0.2, 0.25) is 5.91 Å². The minimum Gasteiger partial charge on any atom is -0.593 e. The molecule has 0 spiro atoms. The average molecular weight is 458 g/mol. The van der Waals surface area contributed by atoms with Gasteiger partial charge in [0.25, 0.3) is 0 Å². The van der Waals surface area contributed by atoms with E-state index in [1.165, 1.54) is 65.2 Å². The first-order chi connectivity index (χ1) is 15.3. The normalized spacial score (nSPS) is 20.6. The van der Waals surface area contributed by atoms with Gasteiger partial charge in [-0.1, -0.05) is 28.5 Å². The lowest BCUT2D eigenvalue weighted by atomic mass is 9.99. The molecule has 0 radical (unpaired) electrons. The number of rotatable bonds is 6. The van der Waals surface area contributed by atoms with E-state index in [4.69, 9.17) is 0 Å². The first kappa shape index (κ1) is 22.2. The molecule has 1 fully saturated rings. The van der Waals surface area contributed by atoms with Gasteiger partial charge in [0.05, 0.1) is 24.7 Å². The van der Waals surface area contributed by atoms with E-state index < -0.39 is 28.2 Å². The average Bonchev–Trinajstić information content (AvgIpc) is 3.26. The quantitative estimate of drug-likeness (QED) is 0.573. The van der Waals surface area contributed by atoms with Crippen molar-refractivity contribution < 1.29 is 22.3 Å². The van der Waals surface area contributed by atoms with E-state index in [0.717, 1.165) is 5.56 Å². The Morgan fingerprint density at radius 3 is 2.38 bits per heavy atom. The van der Waals surface area contributed by atoms with Crippen molar-refractivity contribution in [2.45, 2.75) is 23.9 Å². The molecule has 1 amide bonds. The van der Waals surface area contributed by atoms with Gasteiger partial charge in [-0.2, -0.15) is 0 Å². The number of hydrogen-bond donors (Lipinski definition) is 1. The summed E-state index contributed by atoms with van der Waals surface area (Å²) in [5.74, 6) is -1.70. The van der Waals surface area contributed by atoms with Crippen LogP contribution in [0.4, 0.5) is 8.78 Å². The van der Waals surface area contributed by atoms with Crippen molar-refractivity contribution in [1.82, 2.24) is 14.6 Å². The van der Waals surface area contributed by atoms with Gasteiger partial charge in [-0.15, -0.1) is 4.31 Å². The van der Waals surface area contributed by atoms with Crippen LogP contribution in [0.1, 0.15) is 23.6 Å². The second kappa shape index (κ2) is 9.23. The molecule has 1 aliphatic heterocycles. The van der Waals surface area contributed by atoms with Crippen LogP contribution in [0.2, 0.25) is 0 Å². The largest absolute Gasteiger partial charge is 0.593 e. The summed E-state index contributed by atoms with van der Waals surface area (Å²) in [4.78, 5) is 16.8. The van der Waals surface area contributed by atoms with E-state index in [-0.39, 0.29) is 36.1 Å². The number of pyridine rings is 1. The minimum atomic E-state index is -3.93. The molecule has 1 N–H and O–H groups in total. The Kier molecular flexibility index (Phi) is 6.40. The second-order valence-electron chi connectivity index (χ2n) is 7.61. The molecule has 3 aromatic rings. The monoisotopic (exact) mass is 457 g/mol. The van der Waals surface area contributed by atoms with Crippen LogP contribution in [0.5, 0.6) is 0 Å². The van der Waals surface area contributed by atoms with Crippen LogP contribution >= 0.6 is 0 Å². The van der Waals surface area contributed by atoms with Crippen LogP contribution in [0.15, 0.2) is 78.0 Å². The van der Waals surface area contributed by atoms with E-state index in [2.05, 4.69) is 10.3 Å². The number of amides is 1. The molecule has 9 heteroatoms. The topological polar surface area (TPSA) is 85.4 Å². The van der Waals surface area contributed by atoms with E-state index in [0.29, 0.717) is 5.56 Å². The lowest BCUT2D eigenvalue weighted by molar-refractivity contribution is -0.124. The van der Waals surface area contributed by atoms with Crippen molar-refractivity contribution in [2.75, 3.05) is 6.54 Å². The summed E-state index contributed by atoms with van der Waals surface area (Å²) in [6.07, 6.45) is 2.99. The molecule has 0 aliphatic carbocycles. The Morgan fingerprint density at radius 1 is 1.09 bits per heavy atom. The molecule has 166 valence electrons. The molecule has 0 saturated carbocycles. The Hall–Kier alpha value is -3.01. The van der Waals surface area contributed by atoms with E-state index >= 15 is 0 Å². The fourth-order valence-corrected chi connectivity index (χ4v) is 5.45. The first-order valence-corrected chi connectivity index (χ1v) is 11.5. The molecule has 1 aromatic heterocycles. The number of sulfonamides is 1. The maximum Gasteiger partial charge on any atom is 0.224 e. The highest BCUT2D eigenvalue weighted by molar-refractivity contribution is 7.95. The Bertz CT molecular complexity index is 1130. The first-order valence-electron chi connectivity index (χ1n) is 10.0. The highest BCUT2D eigenvalue weighted by Gasteiger charge is 2.47. The molecule has 2 heterocycles. The number of carbonyl (C=O) groups is 1. The predicted octanol–water partition coefficient (Wildman–Crippen LogP) is 3.64. The number of hydrogen-bond acceptors (Lipinski definition) is 4. The summed E-state index contributed by atoms with van der Waals surface area (Å²) >= 11 is 0. The van der Waals surface area contributed by atoms with Gasteiger partial charge < -0.3 is 9.87 Å².